The minimum absolute atomic E-state index is 0.0446. The maximum atomic E-state index is 12.7. The fourth-order valence-corrected chi connectivity index (χ4v) is 5.69. The summed E-state index contributed by atoms with van der Waals surface area (Å²) in [5.74, 6) is 0.774. The number of anilines is 1. The summed E-state index contributed by atoms with van der Waals surface area (Å²) in [6, 6.07) is 18.8. The van der Waals surface area contributed by atoms with Crippen LogP contribution >= 0.6 is 0 Å². The monoisotopic (exact) mass is 538 g/mol. The third kappa shape index (κ3) is 5.15. The topological polar surface area (TPSA) is 118 Å². The number of hydrogen-bond donors (Lipinski definition) is 2. The molecule has 0 aliphatic carbocycles. The van der Waals surface area contributed by atoms with E-state index in [0.717, 1.165) is 46.1 Å². The minimum atomic E-state index is 0.0446. The standard InChI is InChI=1S/C30H34N8O2/c1-35(13-14-39)19-28(40)36-11-9-22(10-12-36)27-16-25(29-30(31)32-20-33-38(27)29)23-7-8-24-18-37(34-26(24)15-23)17-21-5-3-2-4-6-21/h2-8,15-16,18,20,22,39H,9-14,17,19H2,1H3,(H2,31,32,33). The minimum Gasteiger partial charge on any atom is -0.395 e. The van der Waals surface area contributed by atoms with E-state index in [1.165, 1.54) is 11.9 Å². The number of amides is 1. The Kier molecular flexibility index (Phi) is 7.19. The zero-order valence-corrected chi connectivity index (χ0v) is 22.6. The quantitative estimate of drug-likeness (QED) is 0.312. The van der Waals surface area contributed by atoms with Crippen LogP contribution in [0.4, 0.5) is 5.82 Å². The summed E-state index contributed by atoms with van der Waals surface area (Å²) in [6.07, 6.45) is 5.25. The van der Waals surface area contributed by atoms with Gasteiger partial charge in [-0.25, -0.2) is 9.50 Å². The van der Waals surface area contributed by atoms with Gasteiger partial charge in [0, 0.05) is 48.4 Å². The molecule has 10 nitrogen and oxygen atoms in total. The van der Waals surface area contributed by atoms with Gasteiger partial charge < -0.3 is 15.7 Å². The van der Waals surface area contributed by atoms with Crippen LogP contribution in [0.5, 0.6) is 0 Å². The van der Waals surface area contributed by atoms with Crippen LogP contribution in [-0.2, 0) is 11.3 Å². The molecule has 1 aliphatic rings. The molecule has 206 valence electrons. The first-order valence-electron chi connectivity index (χ1n) is 13.7. The molecular formula is C30H34N8O2. The lowest BCUT2D eigenvalue weighted by molar-refractivity contribution is -0.133. The molecule has 1 aliphatic heterocycles. The van der Waals surface area contributed by atoms with Gasteiger partial charge in [0.05, 0.1) is 25.2 Å². The molecule has 1 saturated heterocycles. The molecule has 0 unspecified atom stereocenters. The second kappa shape index (κ2) is 11.1. The lowest BCUT2D eigenvalue weighted by atomic mass is 9.93. The Hall–Kier alpha value is -4.28. The SMILES string of the molecule is CN(CCO)CC(=O)N1CCC(c2cc(-c3ccc4cn(Cc5ccccc5)nc4c3)c3c(N)ncnn23)CC1. The Morgan fingerprint density at radius 1 is 1.12 bits per heavy atom. The van der Waals surface area contributed by atoms with Gasteiger partial charge in [0.2, 0.25) is 5.91 Å². The predicted molar refractivity (Wildman–Crippen MR) is 155 cm³/mol. The van der Waals surface area contributed by atoms with Crippen molar-refractivity contribution < 1.29 is 9.90 Å². The van der Waals surface area contributed by atoms with Gasteiger partial charge in [-0.1, -0.05) is 42.5 Å². The van der Waals surface area contributed by atoms with E-state index in [4.69, 9.17) is 15.9 Å². The molecule has 5 aromatic rings. The van der Waals surface area contributed by atoms with E-state index >= 15 is 0 Å². The number of piperidine rings is 1. The Labute approximate surface area is 232 Å². The second-order valence-corrected chi connectivity index (χ2v) is 10.6. The van der Waals surface area contributed by atoms with E-state index in [0.29, 0.717) is 38.5 Å². The van der Waals surface area contributed by atoms with E-state index in [1.807, 2.05) is 44.2 Å². The number of hydrogen-bond acceptors (Lipinski definition) is 7. The number of likely N-dealkylation sites (tertiary alicyclic amines) is 1. The number of likely N-dealkylation sites (N-methyl/N-ethyl adjacent to an activating group) is 1. The smallest absolute Gasteiger partial charge is 0.236 e. The highest BCUT2D eigenvalue weighted by Gasteiger charge is 2.28. The first kappa shape index (κ1) is 26.0. The maximum absolute atomic E-state index is 12.7. The number of fused-ring (bicyclic) bond motifs is 2. The van der Waals surface area contributed by atoms with Crippen molar-refractivity contribution in [2.24, 2.45) is 0 Å². The molecular weight excluding hydrogens is 504 g/mol. The van der Waals surface area contributed by atoms with Crippen LogP contribution in [0.25, 0.3) is 27.5 Å². The molecule has 6 rings (SSSR count). The Balaban J connectivity index is 1.26. The van der Waals surface area contributed by atoms with E-state index in [2.05, 4.69) is 52.7 Å². The zero-order chi connectivity index (χ0) is 27.6. The molecule has 0 radical (unpaired) electrons. The summed E-state index contributed by atoms with van der Waals surface area (Å²) in [4.78, 5) is 20.8. The summed E-state index contributed by atoms with van der Waals surface area (Å²) < 4.78 is 3.90. The van der Waals surface area contributed by atoms with Crippen molar-refractivity contribution in [3.05, 3.63) is 78.4 Å². The number of benzene rings is 2. The summed E-state index contributed by atoms with van der Waals surface area (Å²) in [5.41, 5.74) is 12.4. The zero-order valence-electron chi connectivity index (χ0n) is 22.6. The highest BCUT2D eigenvalue weighted by Crippen LogP contribution is 2.37. The molecule has 40 heavy (non-hydrogen) atoms. The van der Waals surface area contributed by atoms with Gasteiger partial charge in [0.15, 0.2) is 5.82 Å². The highest BCUT2D eigenvalue weighted by molar-refractivity contribution is 5.92. The maximum Gasteiger partial charge on any atom is 0.236 e. The van der Waals surface area contributed by atoms with Gasteiger partial charge in [0.1, 0.15) is 11.8 Å². The van der Waals surface area contributed by atoms with Crippen LogP contribution in [0.15, 0.2) is 67.1 Å². The first-order chi connectivity index (χ1) is 19.5. The van der Waals surface area contributed by atoms with Crippen molar-refractivity contribution in [3.8, 4) is 11.1 Å². The van der Waals surface area contributed by atoms with Crippen molar-refractivity contribution in [1.82, 2.24) is 34.2 Å². The lowest BCUT2D eigenvalue weighted by Crippen LogP contribution is -2.43. The molecule has 0 saturated carbocycles. The average Bonchev–Trinajstić information content (AvgIpc) is 3.55. The molecule has 2 aromatic carbocycles. The number of aliphatic hydroxyl groups excluding tert-OH is 1. The largest absolute Gasteiger partial charge is 0.395 e. The third-order valence-electron chi connectivity index (χ3n) is 7.82. The van der Waals surface area contributed by atoms with E-state index in [9.17, 15) is 4.79 Å². The van der Waals surface area contributed by atoms with Gasteiger partial charge >= 0.3 is 0 Å². The summed E-state index contributed by atoms with van der Waals surface area (Å²) >= 11 is 0. The fraction of sp³-hybridized carbons (Fsp3) is 0.333. The van der Waals surface area contributed by atoms with Crippen molar-refractivity contribution in [2.75, 3.05) is 45.6 Å². The summed E-state index contributed by atoms with van der Waals surface area (Å²) in [5, 5.41) is 19.6. The van der Waals surface area contributed by atoms with Gasteiger partial charge in [-0.05, 0) is 43.1 Å². The van der Waals surface area contributed by atoms with Crippen LogP contribution < -0.4 is 5.73 Å². The van der Waals surface area contributed by atoms with E-state index < -0.39 is 0 Å². The second-order valence-electron chi connectivity index (χ2n) is 10.6. The molecule has 0 bridgehead atoms. The van der Waals surface area contributed by atoms with Crippen LogP contribution in [0, 0.1) is 0 Å². The molecule has 0 atom stereocenters. The number of rotatable bonds is 8. The van der Waals surface area contributed by atoms with Gasteiger partial charge in [0.25, 0.3) is 0 Å². The number of carbonyl (C=O) groups is 1. The third-order valence-corrected chi connectivity index (χ3v) is 7.82. The summed E-state index contributed by atoms with van der Waals surface area (Å²) in [6.45, 7) is 2.93. The lowest BCUT2D eigenvalue weighted by Gasteiger charge is -2.33. The average molecular weight is 539 g/mol. The van der Waals surface area contributed by atoms with Crippen LogP contribution in [0.2, 0.25) is 0 Å². The van der Waals surface area contributed by atoms with Gasteiger partial charge in [-0.3, -0.25) is 14.4 Å². The van der Waals surface area contributed by atoms with E-state index in [1.54, 1.807) is 0 Å². The molecule has 4 heterocycles. The van der Waals surface area contributed by atoms with Crippen molar-refractivity contribution >= 4 is 28.1 Å². The summed E-state index contributed by atoms with van der Waals surface area (Å²) in [7, 11) is 1.85. The number of aliphatic hydroxyl groups is 1. The molecule has 1 amide bonds. The molecule has 1 fully saturated rings. The number of nitrogens with two attached hydrogens (primary N) is 1. The number of nitrogens with zero attached hydrogens (tertiary/aromatic N) is 7. The normalized spacial score (nSPS) is 14.5. The van der Waals surface area contributed by atoms with Crippen LogP contribution in [0.1, 0.15) is 30.0 Å². The number of carbonyl (C=O) groups excluding carboxylic acids is 1. The van der Waals surface area contributed by atoms with Gasteiger partial charge in [-0.15, -0.1) is 0 Å². The van der Waals surface area contributed by atoms with Crippen LogP contribution in [0.3, 0.4) is 0 Å². The van der Waals surface area contributed by atoms with Crippen LogP contribution in [-0.4, -0.2) is 85.0 Å². The number of nitrogen functional groups attached to an aromatic ring is 1. The Morgan fingerprint density at radius 2 is 1.93 bits per heavy atom. The molecule has 3 N–H and O–H groups in total. The van der Waals surface area contributed by atoms with Crippen molar-refractivity contribution in [3.63, 3.8) is 0 Å². The Bertz CT molecular complexity index is 1640. The van der Waals surface area contributed by atoms with E-state index in [-0.39, 0.29) is 18.4 Å². The highest BCUT2D eigenvalue weighted by atomic mass is 16.3. The van der Waals surface area contributed by atoms with Crippen molar-refractivity contribution in [2.45, 2.75) is 25.3 Å². The molecule has 0 spiro atoms. The van der Waals surface area contributed by atoms with Crippen molar-refractivity contribution in [1.29, 1.82) is 0 Å². The predicted octanol–water partition coefficient (Wildman–Crippen LogP) is 3.01. The molecule has 3 aromatic heterocycles. The fourth-order valence-electron chi connectivity index (χ4n) is 5.69. The molecule has 10 heteroatoms. The Morgan fingerprint density at radius 3 is 2.70 bits per heavy atom. The number of aromatic nitrogens is 5. The first-order valence-corrected chi connectivity index (χ1v) is 13.7. The van der Waals surface area contributed by atoms with Gasteiger partial charge in [-0.2, -0.15) is 10.2 Å².